The number of rotatable bonds is 12. The van der Waals surface area contributed by atoms with Crippen molar-refractivity contribution in [2.24, 2.45) is 0 Å². The van der Waals surface area contributed by atoms with Crippen LogP contribution in [0.4, 0.5) is 5.13 Å². The summed E-state index contributed by atoms with van der Waals surface area (Å²) in [5.41, 5.74) is 2.66. The molecule has 1 atom stereocenters. The molecule has 0 radical (unpaired) electrons. The molecule has 1 aliphatic heterocycles. The molecule has 11 heteroatoms. The average Bonchev–Trinajstić information content (AvgIpc) is 3.59. The van der Waals surface area contributed by atoms with Gasteiger partial charge in [0.05, 0.1) is 31.0 Å². The second-order valence-electron chi connectivity index (χ2n) is 10.6. The molecule has 1 amide bonds. The number of Topliss-reactive ketones (excluding diaryl/α,β-unsaturated/α-hetero) is 1. The number of carbonyl (C=O) groups excluding carboxylic acids is 3. The van der Waals surface area contributed by atoms with Crippen molar-refractivity contribution < 1.29 is 38.4 Å². The van der Waals surface area contributed by atoms with E-state index in [9.17, 15) is 19.5 Å². The first-order chi connectivity index (χ1) is 22.7. The van der Waals surface area contributed by atoms with Crippen molar-refractivity contribution in [1.29, 1.82) is 0 Å². The fourth-order valence-electron chi connectivity index (χ4n) is 5.20. The van der Waals surface area contributed by atoms with Gasteiger partial charge in [-0.15, -0.1) is 0 Å². The number of methoxy groups -OCH3 is 1. The minimum Gasteiger partial charge on any atom is -0.507 e. The molecule has 0 saturated carbocycles. The van der Waals surface area contributed by atoms with Crippen LogP contribution in [-0.4, -0.2) is 48.1 Å². The molecule has 5 rings (SSSR count). The van der Waals surface area contributed by atoms with E-state index in [2.05, 4.69) is 11.6 Å². The van der Waals surface area contributed by atoms with E-state index in [0.717, 1.165) is 22.5 Å². The Labute approximate surface area is 276 Å². The predicted molar refractivity (Wildman–Crippen MR) is 178 cm³/mol. The molecule has 0 bridgehead atoms. The largest absolute Gasteiger partial charge is 0.507 e. The fraction of sp³-hybridized carbons (Fsp3) is 0.222. The number of aromatic nitrogens is 1. The van der Waals surface area contributed by atoms with Gasteiger partial charge in [0, 0.05) is 5.56 Å². The van der Waals surface area contributed by atoms with Crippen LogP contribution in [0.25, 0.3) is 5.76 Å². The highest BCUT2D eigenvalue weighted by Crippen LogP contribution is 2.45. The van der Waals surface area contributed by atoms with Crippen LogP contribution >= 0.6 is 11.3 Å². The maximum Gasteiger partial charge on any atom is 0.350 e. The number of benzene rings is 3. The van der Waals surface area contributed by atoms with E-state index in [1.54, 1.807) is 43.3 Å². The zero-order chi connectivity index (χ0) is 33.7. The molecule has 1 unspecified atom stereocenters. The van der Waals surface area contributed by atoms with Crippen LogP contribution < -0.4 is 19.1 Å². The van der Waals surface area contributed by atoms with Crippen LogP contribution in [0, 0.1) is 13.8 Å². The number of anilines is 1. The van der Waals surface area contributed by atoms with Crippen molar-refractivity contribution in [3.8, 4) is 17.2 Å². The molecule has 1 N–H and O–H groups in total. The van der Waals surface area contributed by atoms with Crippen LogP contribution in [0.5, 0.6) is 17.2 Å². The van der Waals surface area contributed by atoms with Crippen molar-refractivity contribution in [3.63, 3.8) is 0 Å². The summed E-state index contributed by atoms with van der Waals surface area (Å²) < 4.78 is 22.4. The third kappa shape index (κ3) is 6.75. The molecular formula is C36H34N2O8S. The quantitative estimate of drug-likeness (QED) is 0.0583. The number of ether oxygens (including phenoxy) is 4. The highest BCUT2D eigenvalue weighted by Gasteiger charge is 2.48. The highest BCUT2D eigenvalue weighted by molar-refractivity contribution is 7.17. The summed E-state index contributed by atoms with van der Waals surface area (Å²) in [5.74, 6) is -1.39. The number of carbonyl (C=O) groups is 3. The van der Waals surface area contributed by atoms with Crippen LogP contribution in [0.1, 0.15) is 50.6 Å². The smallest absolute Gasteiger partial charge is 0.350 e. The fourth-order valence-corrected chi connectivity index (χ4v) is 6.19. The maximum absolute atomic E-state index is 13.8. The summed E-state index contributed by atoms with van der Waals surface area (Å²) >= 11 is 0.915. The summed E-state index contributed by atoms with van der Waals surface area (Å²) in [6.45, 7) is 9.58. The second kappa shape index (κ2) is 14.3. The van der Waals surface area contributed by atoms with Gasteiger partial charge in [-0.25, -0.2) is 9.78 Å². The molecule has 4 aromatic rings. The lowest BCUT2D eigenvalue weighted by atomic mass is 9.94. The second-order valence-corrected chi connectivity index (χ2v) is 11.5. The molecule has 47 heavy (non-hydrogen) atoms. The maximum atomic E-state index is 13.8. The number of hydrogen-bond donors (Lipinski definition) is 1. The number of esters is 1. The van der Waals surface area contributed by atoms with Crippen molar-refractivity contribution in [3.05, 3.63) is 118 Å². The van der Waals surface area contributed by atoms with Crippen molar-refractivity contribution in [2.75, 3.05) is 25.2 Å². The zero-order valence-electron chi connectivity index (χ0n) is 26.4. The van der Waals surface area contributed by atoms with Crippen molar-refractivity contribution >= 4 is 39.9 Å². The van der Waals surface area contributed by atoms with E-state index in [1.807, 2.05) is 44.2 Å². The molecule has 242 valence electrons. The summed E-state index contributed by atoms with van der Waals surface area (Å²) in [7, 11) is 1.48. The molecule has 1 aliphatic rings. The minimum atomic E-state index is -1.11. The Morgan fingerprint density at radius 3 is 2.45 bits per heavy atom. The summed E-state index contributed by atoms with van der Waals surface area (Å²) in [5, 5.41) is 11.8. The number of thiazole rings is 1. The van der Waals surface area contributed by atoms with Crippen LogP contribution in [0.2, 0.25) is 0 Å². The molecule has 1 fully saturated rings. The van der Waals surface area contributed by atoms with Gasteiger partial charge in [-0.05, 0) is 67.8 Å². The van der Waals surface area contributed by atoms with E-state index in [-0.39, 0.29) is 27.9 Å². The monoisotopic (exact) mass is 654 g/mol. The van der Waals surface area contributed by atoms with Crippen LogP contribution in [0.3, 0.4) is 0 Å². The topological polar surface area (TPSA) is 124 Å². The third-order valence-corrected chi connectivity index (χ3v) is 8.58. The molecule has 2 heterocycles. The SMILES string of the molecule is C=CCOC(=O)c1sc(N2C(=O)C(=O)/C(=C(/O)c3ccc(OCc4ccccc4)c(C)c3)C2c2ccc(OCC)c(OC)c2)nc1C. The van der Waals surface area contributed by atoms with Gasteiger partial charge in [0.15, 0.2) is 16.6 Å². The first kappa shape index (κ1) is 33.0. The number of amides is 1. The summed E-state index contributed by atoms with van der Waals surface area (Å²) in [6.07, 6.45) is 1.44. The van der Waals surface area contributed by atoms with Gasteiger partial charge in [0.1, 0.15) is 29.6 Å². The van der Waals surface area contributed by atoms with E-state index in [4.69, 9.17) is 18.9 Å². The average molecular weight is 655 g/mol. The lowest BCUT2D eigenvalue weighted by Crippen LogP contribution is -2.29. The molecule has 1 saturated heterocycles. The Morgan fingerprint density at radius 1 is 1.02 bits per heavy atom. The van der Waals surface area contributed by atoms with Gasteiger partial charge in [0.2, 0.25) is 0 Å². The first-order valence-corrected chi connectivity index (χ1v) is 15.6. The number of aryl methyl sites for hydroxylation is 2. The van der Waals surface area contributed by atoms with Gasteiger partial charge < -0.3 is 24.1 Å². The molecule has 0 spiro atoms. The predicted octanol–water partition coefficient (Wildman–Crippen LogP) is 6.72. The molecule has 10 nitrogen and oxygen atoms in total. The standard InChI is InChI=1S/C36H34N2O8S/c1-6-17-45-35(42)33-22(4)37-36(47-33)38-30(24-13-16-27(44-7-2)28(19-24)43-5)29(32(40)34(38)41)31(39)25-14-15-26(21(3)18-25)46-20-23-11-9-8-10-12-23/h6,8-16,18-19,30,39H,1,7,17,20H2,2-5H3/b31-29+. The van der Waals surface area contributed by atoms with Gasteiger partial charge in [-0.3, -0.25) is 14.5 Å². The van der Waals surface area contributed by atoms with E-state index in [0.29, 0.717) is 47.3 Å². The number of nitrogens with zero attached hydrogens (tertiary/aromatic N) is 2. The Kier molecular flexibility index (Phi) is 10.1. The number of ketones is 1. The Balaban J connectivity index is 1.60. The van der Waals surface area contributed by atoms with Gasteiger partial charge >= 0.3 is 11.9 Å². The van der Waals surface area contributed by atoms with Crippen molar-refractivity contribution in [2.45, 2.75) is 33.4 Å². The van der Waals surface area contributed by atoms with E-state index < -0.39 is 23.7 Å². The zero-order valence-corrected chi connectivity index (χ0v) is 27.3. The molecule has 1 aromatic heterocycles. The number of aliphatic hydroxyl groups is 1. The minimum absolute atomic E-state index is 0.00248. The first-order valence-electron chi connectivity index (χ1n) is 14.8. The Morgan fingerprint density at radius 2 is 1.77 bits per heavy atom. The van der Waals surface area contributed by atoms with Gasteiger partial charge in [-0.2, -0.15) is 0 Å². The molecule has 3 aromatic carbocycles. The van der Waals surface area contributed by atoms with Crippen LogP contribution in [-0.2, 0) is 20.9 Å². The molecular weight excluding hydrogens is 620 g/mol. The van der Waals surface area contributed by atoms with Crippen LogP contribution in [0.15, 0.2) is 85.0 Å². The number of aliphatic hydroxyl groups excluding tert-OH is 1. The van der Waals surface area contributed by atoms with Gasteiger partial charge in [-0.1, -0.05) is 60.4 Å². The Hall–Kier alpha value is -5.42. The Bertz CT molecular complexity index is 1860. The third-order valence-electron chi connectivity index (χ3n) is 7.44. The lowest BCUT2D eigenvalue weighted by Gasteiger charge is -2.24. The molecule has 0 aliphatic carbocycles. The lowest BCUT2D eigenvalue weighted by molar-refractivity contribution is -0.132. The summed E-state index contributed by atoms with van der Waals surface area (Å²) in [4.78, 5) is 46.1. The summed E-state index contributed by atoms with van der Waals surface area (Å²) in [6, 6.07) is 18.6. The van der Waals surface area contributed by atoms with E-state index in [1.165, 1.54) is 18.1 Å². The van der Waals surface area contributed by atoms with E-state index >= 15 is 0 Å². The van der Waals surface area contributed by atoms with Gasteiger partial charge in [0.25, 0.3) is 5.78 Å². The number of hydrogen-bond acceptors (Lipinski definition) is 10. The normalized spacial score (nSPS) is 15.4. The van der Waals surface area contributed by atoms with Crippen molar-refractivity contribution in [1.82, 2.24) is 4.98 Å². The highest BCUT2D eigenvalue weighted by atomic mass is 32.1.